The highest BCUT2D eigenvalue weighted by atomic mass is 16.5. The number of ether oxygens (including phenoxy) is 1. The Bertz CT molecular complexity index is 627. The van der Waals surface area contributed by atoms with E-state index < -0.39 is 0 Å². The molecule has 0 aromatic heterocycles. The van der Waals surface area contributed by atoms with E-state index in [-0.39, 0.29) is 5.97 Å². The zero-order chi connectivity index (χ0) is 15.1. The van der Waals surface area contributed by atoms with E-state index in [1.807, 2.05) is 30.3 Å². The lowest BCUT2D eigenvalue weighted by atomic mass is 10.0. The summed E-state index contributed by atoms with van der Waals surface area (Å²) in [5, 5.41) is 0. The predicted molar refractivity (Wildman–Crippen MR) is 85.9 cm³/mol. The number of hydrogen-bond donors (Lipinski definition) is 0. The molecule has 0 saturated heterocycles. The van der Waals surface area contributed by atoms with E-state index >= 15 is 0 Å². The minimum atomic E-state index is -0.251. The third-order valence-electron chi connectivity index (χ3n) is 3.28. The molecule has 0 fully saturated rings. The third-order valence-corrected chi connectivity index (χ3v) is 3.28. The van der Waals surface area contributed by atoms with Gasteiger partial charge in [-0.15, -0.1) is 0 Å². The van der Waals surface area contributed by atoms with Gasteiger partial charge in [0.05, 0.1) is 0 Å². The minimum Gasteiger partial charge on any atom is -0.461 e. The molecule has 2 aromatic carbocycles. The predicted octanol–water partition coefficient (Wildman–Crippen LogP) is 4.18. The maximum atomic E-state index is 11.1. The van der Waals surface area contributed by atoms with Crippen LogP contribution in [0.3, 0.4) is 0 Å². The van der Waals surface area contributed by atoms with Crippen molar-refractivity contribution in [1.82, 2.24) is 0 Å². The number of esters is 1. The van der Waals surface area contributed by atoms with Gasteiger partial charge < -0.3 is 4.74 Å². The van der Waals surface area contributed by atoms with Crippen molar-refractivity contribution >= 4 is 12.0 Å². The summed E-state index contributed by atoms with van der Waals surface area (Å²) < 4.78 is 5.18. The van der Waals surface area contributed by atoms with E-state index in [2.05, 4.69) is 37.3 Å². The van der Waals surface area contributed by atoms with Crippen LogP contribution >= 0.6 is 0 Å². The van der Waals surface area contributed by atoms with Crippen LogP contribution in [0.15, 0.2) is 60.2 Å². The highest BCUT2D eigenvalue weighted by molar-refractivity contribution is 5.66. The van der Waals surface area contributed by atoms with Gasteiger partial charge in [0.25, 0.3) is 0 Å². The lowest BCUT2D eigenvalue weighted by molar-refractivity contribution is -0.139. The van der Waals surface area contributed by atoms with Crippen molar-refractivity contribution in [2.24, 2.45) is 0 Å². The van der Waals surface area contributed by atoms with Crippen LogP contribution < -0.4 is 0 Å². The summed E-state index contributed by atoms with van der Waals surface area (Å²) in [7, 11) is 0. The second-order valence-corrected chi connectivity index (χ2v) is 5.10. The van der Waals surface area contributed by atoms with Crippen LogP contribution in [0.5, 0.6) is 0 Å². The summed E-state index contributed by atoms with van der Waals surface area (Å²) in [6.07, 6.45) is 2.90. The first-order valence-corrected chi connectivity index (χ1v) is 7.07. The molecule has 0 saturated carbocycles. The molecule has 0 N–H and O–H groups in total. The van der Waals surface area contributed by atoms with Crippen LogP contribution in [0.1, 0.15) is 23.6 Å². The van der Waals surface area contributed by atoms with E-state index in [0.29, 0.717) is 6.61 Å². The van der Waals surface area contributed by atoms with Crippen LogP contribution in [-0.4, -0.2) is 12.6 Å². The van der Waals surface area contributed by atoms with Gasteiger partial charge in [-0.25, -0.2) is 0 Å². The molecule has 21 heavy (non-hydrogen) atoms. The highest BCUT2D eigenvalue weighted by Gasteiger charge is 2.04. The van der Waals surface area contributed by atoms with Crippen molar-refractivity contribution < 1.29 is 9.53 Å². The third kappa shape index (κ3) is 4.92. The van der Waals surface area contributed by atoms with Gasteiger partial charge >= 0.3 is 5.97 Å². The van der Waals surface area contributed by atoms with Gasteiger partial charge in [-0.05, 0) is 35.6 Å². The molecule has 2 aromatic rings. The van der Waals surface area contributed by atoms with Crippen molar-refractivity contribution in [3.63, 3.8) is 0 Å². The van der Waals surface area contributed by atoms with Crippen LogP contribution in [0, 0.1) is 6.92 Å². The van der Waals surface area contributed by atoms with Crippen molar-refractivity contribution in [1.29, 1.82) is 0 Å². The standard InChI is InChI=1S/C19H20O2/c1-15-8-6-7-11-19(15)13-18(14-21-16(2)20)12-17-9-4-3-5-10-17/h3-11,13H,12,14H2,1-2H3/b18-13-. The normalized spacial score (nSPS) is 11.2. The fourth-order valence-corrected chi connectivity index (χ4v) is 2.16. The number of aryl methyl sites for hydroxylation is 1. The van der Waals surface area contributed by atoms with Gasteiger partial charge in [-0.2, -0.15) is 0 Å². The zero-order valence-electron chi connectivity index (χ0n) is 12.5. The van der Waals surface area contributed by atoms with Crippen LogP contribution in [0.25, 0.3) is 6.08 Å². The second-order valence-electron chi connectivity index (χ2n) is 5.10. The Morgan fingerprint density at radius 3 is 2.38 bits per heavy atom. The second kappa shape index (κ2) is 7.44. The first-order chi connectivity index (χ1) is 10.1. The highest BCUT2D eigenvalue weighted by Crippen LogP contribution is 2.16. The average Bonchev–Trinajstić information content (AvgIpc) is 2.48. The molecule has 0 aliphatic rings. The quantitative estimate of drug-likeness (QED) is 0.768. The van der Waals surface area contributed by atoms with E-state index in [0.717, 1.165) is 17.6 Å². The Labute approximate surface area is 126 Å². The van der Waals surface area contributed by atoms with Gasteiger partial charge in [0.1, 0.15) is 6.61 Å². The molecule has 2 heteroatoms. The molecule has 108 valence electrons. The molecular formula is C19H20O2. The smallest absolute Gasteiger partial charge is 0.302 e. The van der Waals surface area contributed by atoms with Crippen molar-refractivity contribution in [3.8, 4) is 0 Å². The van der Waals surface area contributed by atoms with Gasteiger partial charge in [0, 0.05) is 6.92 Å². The summed E-state index contributed by atoms with van der Waals surface area (Å²) >= 11 is 0. The number of hydrogen-bond acceptors (Lipinski definition) is 2. The van der Waals surface area contributed by atoms with E-state index in [1.54, 1.807) is 0 Å². The molecule has 0 atom stereocenters. The SMILES string of the molecule is CC(=O)OC/C(=C\c1ccccc1C)Cc1ccccc1. The molecular weight excluding hydrogens is 260 g/mol. The summed E-state index contributed by atoms with van der Waals surface area (Å²) in [5.74, 6) is -0.251. The first-order valence-electron chi connectivity index (χ1n) is 7.07. The lowest BCUT2D eigenvalue weighted by Crippen LogP contribution is -2.05. The molecule has 2 nitrogen and oxygen atoms in total. The molecule has 0 unspecified atom stereocenters. The van der Waals surface area contributed by atoms with Gasteiger partial charge in [0.2, 0.25) is 0 Å². The fraction of sp³-hybridized carbons (Fsp3) is 0.211. The molecule has 0 bridgehead atoms. The fourth-order valence-electron chi connectivity index (χ4n) is 2.16. The van der Waals surface area contributed by atoms with Crippen molar-refractivity contribution in [2.45, 2.75) is 20.3 Å². The van der Waals surface area contributed by atoms with E-state index in [9.17, 15) is 4.79 Å². The maximum Gasteiger partial charge on any atom is 0.302 e. The zero-order valence-corrected chi connectivity index (χ0v) is 12.5. The Kier molecular flexibility index (Phi) is 5.33. The van der Waals surface area contributed by atoms with Crippen molar-refractivity contribution in [2.75, 3.05) is 6.61 Å². The summed E-state index contributed by atoms with van der Waals surface area (Å²) in [6.45, 7) is 3.85. The van der Waals surface area contributed by atoms with E-state index in [1.165, 1.54) is 18.1 Å². The Hall–Kier alpha value is -2.35. The molecule has 0 aliphatic heterocycles. The molecule has 0 heterocycles. The van der Waals surface area contributed by atoms with Crippen molar-refractivity contribution in [3.05, 3.63) is 76.9 Å². The average molecular weight is 280 g/mol. The summed E-state index contributed by atoms with van der Waals surface area (Å²) in [4.78, 5) is 11.1. The Balaban J connectivity index is 2.23. The number of carbonyl (C=O) groups is 1. The number of benzene rings is 2. The van der Waals surface area contributed by atoms with Crippen LogP contribution in [0.4, 0.5) is 0 Å². The lowest BCUT2D eigenvalue weighted by Gasteiger charge is -2.09. The Morgan fingerprint density at radius 1 is 1.05 bits per heavy atom. The maximum absolute atomic E-state index is 11.1. The van der Waals surface area contributed by atoms with Gasteiger partial charge in [-0.3, -0.25) is 4.79 Å². The van der Waals surface area contributed by atoms with Crippen LogP contribution in [0.2, 0.25) is 0 Å². The monoisotopic (exact) mass is 280 g/mol. The van der Waals surface area contributed by atoms with Gasteiger partial charge in [0.15, 0.2) is 0 Å². The number of carbonyl (C=O) groups excluding carboxylic acids is 1. The molecule has 0 radical (unpaired) electrons. The summed E-state index contributed by atoms with van der Waals surface area (Å²) in [5.41, 5.74) is 4.68. The largest absolute Gasteiger partial charge is 0.461 e. The van der Waals surface area contributed by atoms with E-state index in [4.69, 9.17) is 4.74 Å². The summed E-state index contributed by atoms with van der Waals surface area (Å²) in [6, 6.07) is 18.4. The molecule has 0 aliphatic carbocycles. The minimum absolute atomic E-state index is 0.251. The van der Waals surface area contributed by atoms with Crippen LogP contribution in [-0.2, 0) is 16.0 Å². The molecule has 0 amide bonds. The van der Waals surface area contributed by atoms with Gasteiger partial charge in [-0.1, -0.05) is 60.7 Å². The molecule has 2 rings (SSSR count). The molecule has 0 spiro atoms. The first kappa shape index (κ1) is 15.0. The Morgan fingerprint density at radius 2 is 1.71 bits per heavy atom. The number of rotatable bonds is 5. The topological polar surface area (TPSA) is 26.3 Å².